The summed E-state index contributed by atoms with van der Waals surface area (Å²) in [6, 6.07) is 15.4. The Balaban J connectivity index is 1.50. The van der Waals surface area contributed by atoms with Gasteiger partial charge in [0, 0.05) is 56.4 Å². The average Bonchev–Trinajstić information content (AvgIpc) is 3.31. The fourth-order valence-corrected chi connectivity index (χ4v) is 9.34. The van der Waals surface area contributed by atoms with Crippen LogP contribution in [0.15, 0.2) is 90.1 Å². The number of allylic oxidation sites excluding steroid dienone is 1. The molecule has 2 amide bonds. The number of anilines is 1. The molecule has 1 saturated carbocycles. The number of amides is 2. The number of nitro groups is 1. The fourth-order valence-electron chi connectivity index (χ4n) is 9.34. The van der Waals surface area contributed by atoms with Crippen LogP contribution in [-0.4, -0.2) is 97.5 Å². The van der Waals surface area contributed by atoms with Gasteiger partial charge in [0.05, 0.1) is 49.7 Å². The minimum atomic E-state index is -1.54. The third-order valence-electron chi connectivity index (χ3n) is 12.4. The van der Waals surface area contributed by atoms with E-state index in [-0.39, 0.29) is 68.1 Å². The first-order valence-electron chi connectivity index (χ1n) is 22.7. The summed E-state index contributed by atoms with van der Waals surface area (Å²) in [5.41, 5.74) is 2.73. The Hall–Kier alpha value is -6.17. The lowest BCUT2D eigenvalue weighted by Gasteiger charge is -2.59. The number of nitrogens with zero attached hydrogens (tertiary/aromatic N) is 3. The first kappa shape index (κ1) is 50.2. The van der Waals surface area contributed by atoms with Crippen LogP contribution >= 0.6 is 0 Å². The SMILES string of the molecule is C=CCO[C@@]12Oc3ccc(OC(=O)Nc4ccc(OC)cc4OC)cc3[C@H]3[C@H](CCCCO)[C@@H](CCCCO)C=C(C(=NOCc4ccc([N+](=O)[O-])cc4)C[C@@H]1N(C)C(=O)OCC(C)(C)C)[C@H]32. The second-order valence-electron chi connectivity index (χ2n) is 18.3. The Morgan fingerprint density at radius 2 is 1.72 bits per heavy atom. The summed E-state index contributed by atoms with van der Waals surface area (Å²) < 4.78 is 36.8. The van der Waals surface area contributed by atoms with E-state index >= 15 is 0 Å². The van der Waals surface area contributed by atoms with Crippen LogP contribution < -0.4 is 24.3 Å². The van der Waals surface area contributed by atoms with E-state index in [4.69, 9.17) is 38.4 Å². The van der Waals surface area contributed by atoms with Crippen molar-refractivity contribution in [3.8, 4) is 23.0 Å². The number of benzene rings is 3. The lowest BCUT2D eigenvalue weighted by atomic mass is 9.55. The van der Waals surface area contributed by atoms with E-state index in [9.17, 15) is 29.9 Å². The van der Waals surface area contributed by atoms with Crippen molar-refractivity contribution in [2.24, 2.45) is 28.3 Å². The molecule has 2 aliphatic carbocycles. The Bertz CT molecular complexity index is 2280. The Kier molecular flexibility index (Phi) is 16.9. The van der Waals surface area contributed by atoms with Crippen molar-refractivity contribution in [2.75, 3.05) is 53.0 Å². The number of carbonyl (C=O) groups is 2. The molecule has 6 rings (SSSR count). The van der Waals surface area contributed by atoms with Crippen molar-refractivity contribution >= 4 is 29.3 Å². The molecule has 0 spiro atoms. The van der Waals surface area contributed by atoms with E-state index in [1.54, 1.807) is 55.6 Å². The molecular formula is C50H64N4O13. The maximum absolute atomic E-state index is 14.2. The van der Waals surface area contributed by atoms with Crippen LogP contribution in [0.3, 0.4) is 0 Å². The van der Waals surface area contributed by atoms with Gasteiger partial charge in [0.25, 0.3) is 5.69 Å². The van der Waals surface area contributed by atoms with Crippen molar-refractivity contribution in [3.05, 3.63) is 106 Å². The highest BCUT2D eigenvalue weighted by Crippen LogP contribution is 2.62. The van der Waals surface area contributed by atoms with Gasteiger partial charge in [-0.15, -0.1) is 6.58 Å². The number of aliphatic hydroxyl groups excluding tert-OH is 2. The number of hydrogen-bond acceptors (Lipinski definition) is 14. The van der Waals surface area contributed by atoms with Crippen LogP contribution in [0.1, 0.15) is 82.8 Å². The highest BCUT2D eigenvalue weighted by atomic mass is 16.7. The highest BCUT2D eigenvalue weighted by Gasteiger charge is 2.65. The van der Waals surface area contributed by atoms with Crippen LogP contribution in [0.4, 0.5) is 21.0 Å². The molecule has 362 valence electrons. The van der Waals surface area contributed by atoms with Crippen LogP contribution in [-0.2, 0) is 20.9 Å². The maximum atomic E-state index is 14.2. The summed E-state index contributed by atoms with van der Waals surface area (Å²) in [5.74, 6) is -1.12. The summed E-state index contributed by atoms with van der Waals surface area (Å²) in [4.78, 5) is 46.2. The van der Waals surface area contributed by atoms with Crippen LogP contribution in [0.2, 0.25) is 0 Å². The number of nitro benzene ring substituents is 1. The molecular weight excluding hydrogens is 865 g/mol. The third kappa shape index (κ3) is 11.9. The summed E-state index contributed by atoms with van der Waals surface area (Å²) in [5, 5.41) is 38.8. The quantitative estimate of drug-likeness (QED) is 0.0394. The van der Waals surface area contributed by atoms with Crippen molar-refractivity contribution in [2.45, 2.75) is 90.1 Å². The molecule has 3 aliphatic rings. The molecule has 3 N–H and O–H groups in total. The Labute approximate surface area is 391 Å². The van der Waals surface area contributed by atoms with Gasteiger partial charge in [0.2, 0.25) is 5.79 Å². The van der Waals surface area contributed by atoms with E-state index < -0.39 is 40.8 Å². The van der Waals surface area contributed by atoms with E-state index in [0.717, 1.165) is 24.0 Å². The van der Waals surface area contributed by atoms with E-state index in [1.165, 1.54) is 31.3 Å². The number of ether oxygens (including phenoxy) is 6. The molecule has 17 heteroatoms. The van der Waals surface area contributed by atoms with Crippen LogP contribution in [0.25, 0.3) is 0 Å². The number of unbranched alkanes of at least 4 members (excludes halogenated alkanes) is 2. The Morgan fingerprint density at radius 1 is 1.00 bits per heavy atom. The molecule has 0 saturated heterocycles. The predicted molar refractivity (Wildman–Crippen MR) is 251 cm³/mol. The fraction of sp³-hybridized carbons (Fsp3) is 0.500. The van der Waals surface area contributed by atoms with Gasteiger partial charge in [0.15, 0.2) is 0 Å². The molecule has 3 aromatic rings. The van der Waals surface area contributed by atoms with Gasteiger partial charge >= 0.3 is 12.2 Å². The van der Waals surface area contributed by atoms with Gasteiger partial charge in [-0.1, -0.05) is 50.9 Å². The van der Waals surface area contributed by atoms with Crippen molar-refractivity contribution < 1.29 is 58.0 Å². The number of rotatable bonds is 21. The number of non-ortho nitro benzene ring substituents is 1. The maximum Gasteiger partial charge on any atom is 0.417 e. The topological polar surface area (TPSA) is 210 Å². The second-order valence-corrected chi connectivity index (χ2v) is 18.3. The zero-order valence-corrected chi connectivity index (χ0v) is 39.2. The summed E-state index contributed by atoms with van der Waals surface area (Å²) in [6.07, 6.45) is 6.61. The number of carbonyl (C=O) groups excluding carboxylic acids is 2. The zero-order chi connectivity index (χ0) is 48.3. The molecule has 3 aromatic carbocycles. The first-order valence-corrected chi connectivity index (χ1v) is 22.7. The first-order chi connectivity index (χ1) is 32.2. The van der Waals surface area contributed by atoms with Gasteiger partial charge in [-0.3, -0.25) is 15.4 Å². The third-order valence-corrected chi connectivity index (χ3v) is 12.4. The van der Waals surface area contributed by atoms with Crippen molar-refractivity contribution in [1.29, 1.82) is 0 Å². The standard InChI is InChI=1S/C50H64N4O13/c1-8-25-64-50-44(53(5)48(58)63-31-49(2,3)4)29-41(52-65-30-32-15-17-34(18-16-32)54(59)60)38-26-33(13-9-11-23-55)37(14-10-12-24-56)45(46(38)50)39-27-36(20-22-42(39)67-50)66-47(57)51-40-21-19-35(61-6)28-43(40)62-7/h8,15-22,26-28,33,37,44-46,55-56H,1,9-14,23-25,29-31H2,2-7H3,(H,51,57)/t33-,37+,44-,45+,46+,50+/m0/s1. The monoisotopic (exact) mass is 928 g/mol. The minimum Gasteiger partial charge on any atom is -0.497 e. The molecule has 6 atom stereocenters. The van der Waals surface area contributed by atoms with Gasteiger partial charge in [-0.2, -0.15) is 0 Å². The van der Waals surface area contributed by atoms with Gasteiger partial charge in [0.1, 0.15) is 35.6 Å². The average molecular weight is 929 g/mol. The molecule has 0 bridgehead atoms. The summed E-state index contributed by atoms with van der Waals surface area (Å²) >= 11 is 0. The molecule has 1 aliphatic heterocycles. The number of aliphatic hydroxyl groups is 2. The normalized spacial score (nSPS) is 22.2. The number of hydrogen-bond donors (Lipinski definition) is 3. The molecule has 67 heavy (non-hydrogen) atoms. The smallest absolute Gasteiger partial charge is 0.417 e. The number of oxime groups is 1. The predicted octanol–water partition coefficient (Wildman–Crippen LogP) is 9.17. The second kappa shape index (κ2) is 22.5. The van der Waals surface area contributed by atoms with E-state index in [1.807, 2.05) is 26.8 Å². The molecule has 17 nitrogen and oxygen atoms in total. The highest BCUT2D eigenvalue weighted by molar-refractivity contribution is 6.03. The molecule has 1 fully saturated rings. The largest absolute Gasteiger partial charge is 0.497 e. The number of likely N-dealkylation sites (N-methyl/N-ethyl adjacent to an activating group) is 1. The van der Waals surface area contributed by atoms with Gasteiger partial charge < -0.3 is 48.4 Å². The lowest BCUT2D eigenvalue weighted by Crippen LogP contribution is -2.69. The molecule has 1 heterocycles. The summed E-state index contributed by atoms with van der Waals surface area (Å²) in [6.45, 7) is 10.1. The lowest BCUT2D eigenvalue weighted by molar-refractivity contribution is -0.384. The van der Waals surface area contributed by atoms with Gasteiger partial charge in [-0.05, 0) is 96.5 Å². The Morgan fingerprint density at radius 3 is 2.37 bits per heavy atom. The minimum absolute atomic E-state index is 0.00329. The van der Waals surface area contributed by atoms with Crippen molar-refractivity contribution in [3.63, 3.8) is 0 Å². The molecule has 0 unspecified atom stereocenters. The van der Waals surface area contributed by atoms with E-state index in [0.29, 0.717) is 59.9 Å². The zero-order valence-electron chi connectivity index (χ0n) is 39.2. The molecule has 0 radical (unpaired) electrons. The number of methoxy groups -OCH3 is 2. The van der Waals surface area contributed by atoms with Crippen LogP contribution in [0, 0.1) is 33.3 Å². The molecule has 0 aromatic heterocycles. The summed E-state index contributed by atoms with van der Waals surface area (Å²) in [7, 11) is 4.67. The number of fused-ring (bicyclic) bond motifs is 2. The van der Waals surface area contributed by atoms with E-state index in [2.05, 4.69) is 18.0 Å². The number of nitrogens with one attached hydrogen (secondary N) is 1. The van der Waals surface area contributed by atoms with Crippen molar-refractivity contribution in [1.82, 2.24) is 4.90 Å². The van der Waals surface area contributed by atoms with Gasteiger partial charge in [-0.25, -0.2) is 9.59 Å². The van der Waals surface area contributed by atoms with Crippen LogP contribution in [0.5, 0.6) is 23.0 Å².